The van der Waals surface area contributed by atoms with Gasteiger partial charge in [-0.15, -0.1) is 0 Å². The number of hydrogen-bond donors (Lipinski definition) is 0. The normalized spacial score (nSPS) is 11.4. The predicted molar refractivity (Wildman–Crippen MR) is 94.1 cm³/mol. The van der Waals surface area contributed by atoms with Crippen molar-refractivity contribution >= 4 is 15.9 Å². The molecule has 0 spiro atoms. The SMILES string of the molecule is CCN(CC)CCCN(CC)Cc1cc(Br)ccc1OC. The summed E-state index contributed by atoms with van der Waals surface area (Å²) in [5.41, 5.74) is 1.25. The van der Waals surface area contributed by atoms with E-state index in [1.165, 1.54) is 18.5 Å². The lowest BCUT2D eigenvalue weighted by Gasteiger charge is -2.24. The first-order chi connectivity index (χ1) is 10.1. The molecule has 0 saturated carbocycles. The van der Waals surface area contributed by atoms with E-state index in [4.69, 9.17) is 4.74 Å². The molecule has 0 saturated heterocycles. The number of methoxy groups -OCH3 is 1. The predicted octanol–water partition coefficient (Wildman–Crippen LogP) is 4.01. The summed E-state index contributed by atoms with van der Waals surface area (Å²) in [6.07, 6.45) is 1.21. The van der Waals surface area contributed by atoms with E-state index < -0.39 is 0 Å². The molecular formula is C17H29BrN2O. The Hall–Kier alpha value is -0.580. The van der Waals surface area contributed by atoms with Crippen molar-refractivity contribution in [2.75, 3.05) is 39.8 Å². The molecule has 4 heteroatoms. The Morgan fingerprint density at radius 2 is 1.62 bits per heavy atom. The van der Waals surface area contributed by atoms with E-state index in [0.717, 1.165) is 42.9 Å². The van der Waals surface area contributed by atoms with Crippen LogP contribution in [-0.2, 0) is 6.54 Å². The average Bonchev–Trinajstić information content (AvgIpc) is 2.50. The molecule has 1 aromatic rings. The van der Waals surface area contributed by atoms with Gasteiger partial charge in [0.15, 0.2) is 0 Å². The van der Waals surface area contributed by atoms with Crippen molar-refractivity contribution in [3.63, 3.8) is 0 Å². The summed E-state index contributed by atoms with van der Waals surface area (Å²) in [6.45, 7) is 13.3. The van der Waals surface area contributed by atoms with Crippen molar-refractivity contribution in [3.05, 3.63) is 28.2 Å². The Balaban J connectivity index is 2.55. The highest BCUT2D eigenvalue weighted by atomic mass is 79.9. The molecule has 0 N–H and O–H groups in total. The summed E-state index contributed by atoms with van der Waals surface area (Å²) in [4.78, 5) is 4.96. The first-order valence-electron chi connectivity index (χ1n) is 7.91. The van der Waals surface area contributed by atoms with Gasteiger partial charge in [-0.1, -0.05) is 36.7 Å². The van der Waals surface area contributed by atoms with Gasteiger partial charge in [0, 0.05) is 16.6 Å². The maximum absolute atomic E-state index is 5.47. The summed E-state index contributed by atoms with van der Waals surface area (Å²) in [7, 11) is 1.74. The fourth-order valence-electron chi connectivity index (χ4n) is 2.52. The molecule has 21 heavy (non-hydrogen) atoms. The van der Waals surface area contributed by atoms with Gasteiger partial charge in [0.2, 0.25) is 0 Å². The topological polar surface area (TPSA) is 15.7 Å². The van der Waals surface area contributed by atoms with Gasteiger partial charge in [-0.25, -0.2) is 0 Å². The molecule has 120 valence electrons. The molecule has 0 aliphatic rings. The smallest absolute Gasteiger partial charge is 0.123 e. The van der Waals surface area contributed by atoms with Gasteiger partial charge in [0.05, 0.1) is 7.11 Å². The van der Waals surface area contributed by atoms with Crippen LogP contribution in [0.5, 0.6) is 5.75 Å². The standard InChI is InChI=1S/C17H29BrN2O/c1-5-19(6-2)11-8-12-20(7-3)14-15-13-16(18)9-10-17(15)21-4/h9-10,13H,5-8,11-12,14H2,1-4H3. The van der Waals surface area contributed by atoms with Crippen LogP contribution in [0.25, 0.3) is 0 Å². The van der Waals surface area contributed by atoms with E-state index in [9.17, 15) is 0 Å². The van der Waals surface area contributed by atoms with Crippen molar-refractivity contribution in [2.24, 2.45) is 0 Å². The minimum absolute atomic E-state index is 0.942. The molecule has 3 nitrogen and oxygen atoms in total. The number of halogens is 1. The van der Waals surface area contributed by atoms with Gasteiger partial charge in [-0.2, -0.15) is 0 Å². The molecule has 0 atom stereocenters. The molecule has 0 aliphatic carbocycles. The van der Waals surface area contributed by atoms with Crippen molar-refractivity contribution in [1.82, 2.24) is 9.80 Å². The maximum atomic E-state index is 5.47. The molecule has 0 aromatic heterocycles. The van der Waals surface area contributed by atoms with Crippen molar-refractivity contribution in [2.45, 2.75) is 33.7 Å². The number of hydrogen-bond acceptors (Lipinski definition) is 3. The van der Waals surface area contributed by atoms with Crippen LogP contribution in [-0.4, -0.2) is 49.6 Å². The lowest BCUT2D eigenvalue weighted by Crippen LogP contribution is -2.29. The minimum Gasteiger partial charge on any atom is -0.496 e. The molecule has 0 radical (unpaired) electrons. The van der Waals surface area contributed by atoms with Gasteiger partial charge >= 0.3 is 0 Å². The largest absolute Gasteiger partial charge is 0.496 e. The maximum Gasteiger partial charge on any atom is 0.123 e. The molecule has 0 bridgehead atoms. The highest BCUT2D eigenvalue weighted by Crippen LogP contribution is 2.24. The fourth-order valence-corrected chi connectivity index (χ4v) is 2.93. The summed E-state index contributed by atoms with van der Waals surface area (Å²) in [5, 5.41) is 0. The molecule has 1 rings (SSSR count). The van der Waals surface area contributed by atoms with Gasteiger partial charge in [-0.05, 0) is 57.3 Å². The Bertz CT molecular complexity index is 408. The van der Waals surface area contributed by atoms with E-state index in [1.54, 1.807) is 7.11 Å². The molecule has 0 aliphatic heterocycles. The Kier molecular flexibility index (Phi) is 8.97. The van der Waals surface area contributed by atoms with Gasteiger partial charge in [0.1, 0.15) is 5.75 Å². The van der Waals surface area contributed by atoms with Crippen LogP contribution in [0.15, 0.2) is 22.7 Å². The summed E-state index contributed by atoms with van der Waals surface area (Å²) >= 11 is 3.55. The first-order valence-corrected chi connectivity index (χ1v) is 8.70. The van der Waals surface area contributed by atoms with Gasteiger partial charge in [0.25, 0.3) is 0 Å². The van der Waals surface area contributed by atoms with Crippen LogP contribution in [0.2, 0.25) is 0 Å². The van der Waals surface area contributed by atoms with Crippen molar-refractivity contribution in [3.8, 4) is 5.75 Å². The second-order valence-corrected chi connectivity index (χ2v) is 6.12. The molecule has 1 aromatic carbocycles. The zero-order valence-electron chi connectivity index (χ0n) is 13.9. The quantitative estimate of drug-likeness (QED) is 0.629. The van der Waals surface area contributed by atoms with Crippen LogP contribution in [0.3, 0.4) is 0 Å². The number of nitrogens with zero attached hydrogens (tertiary/aromatic N) is 2. The third kappa shape index (κ3) is 6.37. The molecule has 0 amide bonds. The van der Waals surface area contributed by atoms with Crippen molar-refractivity contribution < 1.29 is 4.74 Å². The summed E-state index contributed by atoms with van der Waals surface area (Å²) < 4.78 is 6.58. The summed E-state index contributed by atoms with van der Waals surface area (Å²) in [6, 6.07) is 6.22. The van der Waals surface area contributed by atoms with Crippen LogP contribution in [0.1, 0.15) is 32.8 Å². The van der Waals surface area contributed by atoms with Gasteiger partial charge < -0.3 is 9.64 Å². The second kappa shape index (κ2) is 10.2. The van der Waals surface area contributed by atoms with Crippen LogP contribution < -0.4 is 4.74 Å². The minimum atomic E-state index is 0.942. The average molecular weight is 357 g/mol. The highest BCUT2D eigenvalue weighted by molar-refractivity contribution is 9.10. The highest BCUT2D eigenvalue weighted by Gasteiger charge is 2.09. The Labute approximate surface area is 138 Å². The van der Waals surface area contributed by atoms with Crippen LogP contribution in [0.4, 0.5) is 0 Å². The third-order valence-corrected chi connectivity index (χ3v) is 4.42. The number of benzene rings is 1. The zero-order chi connectivity index (χ0) is 15.7. The first kappa shape index (κ1) is 18.5. The molecule has 0 fully saturated rings. The Morgan fingerprint density at radius 1 is 1.00 bits per heavy atom. The second-order valence-electron chi connectivity index (χ2n) is 5.21. The lowest BCUT2D eigenvalue weighted by atomic mass is 10.2. The summed E-state index contributed by atoms with van der Waals surface area (Å²) in [5.74, 6) is 0.973. The van der Waals surface area contributed by atoms with E-state index in [-0.39, 0.29) is 0 Å². The monoisotopic (exact) mass is 356 g/mol. The zero-order valence-corrected chi connectivity index (χ0v) is 15.4. The molecule has 0 unspecified atom stereocenters. The van der Waals surface area contributed by atoms with Gasteiger partial charge in [-0.3, -0.25) is 4.90 Å². The van der Waals surface area contributed by atoms with Crippen LogP contribution >= 0.6 is 15.9 Å². The third-order valence-electron chi connectivity index (χ3n) is 3.93. The molecule has 0 heterocycles. The molecular weight excluding hydrogens is 328 g/mol. The fraction of sp³-hybridized carbons (Fsp3) is 0.647. The van der Waals surface area contributed by atoms with E-state index >= 15 is 0 Å². The van der Waals surface area contributed by atoms with E-state index in [1.807, 2.05) is 12.1 Å². The number of rotatable bonds is 10. The van der Waals surface area contributed by atoms with Crippen LogP contribution in [0, 0.1) is 0 Å². The number of ether oxygens (including phenoxy) is 1. The van der Waals surface area contributed by atoms with E-state index in [0.29, 0.717) is 0 Å². The van der Waals surface area contributed by atoms with Crippen molar-refractivity contribution in [1.29, 1.82) is 0 Å². The van der Waals surface area contributed by atoms with E-state index in [2.05, 4.69) is 52.6 Å². The Morgan fingerprint density at radius 3 is 2.19 bits per heavy atom. The lowest BCUT2D eigenvalue weighted by molar-refractivity contribution is 0.236.